The van der Waals surface area contributed by atoms with Crippen LogP contribution in [0.2, 0.25) is 0 Å². The van der Waals surface area contributed by atoms with Gasteiger partial charge in [-0.25, -0.2) is 0 Å². The second kappa shape index (κ2) is 3.52. The Kier molecular flexibility index (Phi) is 2.14. The van der Waals surface area contributed by atoms with E-state index in [0.29, 0.717) is 6.61 Å². The normalized spacial score (nSPS) is 18.8. The van der Waals surface area contributed by atoms with E-state index >= 15 is 0 Å². The third-order valence-corrected chi connectivity index (χ3v) is 2.82. The Morgan fingerprint density at radius 3 is 3.06 bits per heavy atom. The second-order valence-corrected chi connectivity index (χ2v) is 4.06. The molecule has 1 aromatic carbocycles. The number of hydrogen-bond acceptors (Lipinski definition) is 3. The van der Waals surface area contributed by atoms with Gasteiger partial charge in [0.15, 0.2) is 0 Å². The molecule has 0 radical (unpaired) electrons. The van der Waals surface area contributed by atoms with Gasteiger partial charge in [-0.2, -0.15) is 0 Å². The lowest BCUT2D eigenvalue weighted by molar-refractivity contribution is -0.0602. The first-order valence-corrected chi connectivity index (χ1v) is 5.57. The van der Waals surface area contributed by atoms with Crippen LogP contribution >= 0.6 is 0 Å². The van der Waals surface area contributed by atoms with Gasteiger partial charge in [0, 0.05) is 24.0 Å². The molecule has 0 spiro atoms. The van der Waals surface area contributed by atoms with E-state index in [0.717, 1.165) is 28.9 Å². The predicted molar refractivity (Wildman–Crippen MR) is 60.7 cm³/mol. The van der Waals surface area contributed by atoms with Gasteiger partial charge in [-0.3, -0.25) is 0 Å². The summed E-state index contributed by atoms with van der Waals surface area (Å²) in [6, 6.07) is 6.10. The zero-order valence-electron chi connectivity index (χ0n) is 9.45. The van der Waals surface area contributed by atoms with Crippen molar-refractivity contribution in [3.8, 4) is 5.75 Å². The van der Waals surface area contributed by atoms with Gasteiger partial charge in [0.2, 0.25) is 6.29 Å². The van der Waals surface area contributed by atoms with Gasteiger partial charge >= 0.3 is 0 Å². The summed E-state index contributed by atoms with van der Waals surface area (Å²) in [5.41, 5.74) is 2.09. The highest BCUT2D eigenvalue weighted by Gasteiger charge is 2.24. The van der Waals surface area contributed by atoms with Gasteiger partial charge in [0.25, 0.3) is 0 Å². The molecular weight excluding hydrogens is 204 g/mol. The van der Waals surface area contributed by atoms with Crippen molar-refractivity contribution < 1.29 is 13.9 Å². The van der Waals surface area contributed by atoms with Crippen molar-refractivity contribution in [2.75, 3.05) is 6.61 Å². The van der Waals surface area contributed by atoms with Gasteiger partial charge in [0.05, 0.1) is 0 Å². The van der Waals surface area contributed by atoms with E-state index in [2.05, 4.69) is 6.07 Å². The summed E-state index contributed by atoms with van der Waals surface area (Å²) in [5.74, 6) is 1.85. The molecule has 3 heteroatoms. The lowest BCUT2D eigenvalue weighted by Gasteiger charge is -2.09. The smallest absolute Gasteiger partial charge is 0.204 e. The Hall–Kier alpha value is -1.48. The Morgan fingerprint density at radius 1 is 1.38 bits per heavy atom. The zero-order chi connectivity index (χ0) is 11.1. The Labute approximate surface area is 94.0 Å². The molecule has 3 rings (SSSR count). The molecule has 0 bridgehead atoms. The molecule has 16 heavy (non-hydrogen) atoms. The molecule has 2 heterocycles. The van der Waals surface area contributed by atoms with Crippen LogP contribution < -0.4 is 4.74 Å². The molecule has 1 aromatic heterocycles. The van der Waals surface area contributed by atoms with Gasteiger partial charge in [-0.05, 0) is 32.0 Å². The molecule has 1 unspecified atom stereocenters. The Morgan fingerprint density at radius 2 is 2.25 bits per heavy atom. The number of aryl methyl sites for hydroxylation is 1. The average Bonchev–Trinajstić information content (AvgIpc) is 2.75. The molecule has 1 atom stereocenters. The van der Waals surface area contributed by atoms with Crippen LogP contribution in [0.4, 0.5) is 0 Å². The Balaban J connectivity index is 2.00. The molecule has 1 aliphatic heterocycles. The number of ether oxygens (including phenoxy) is 2. The number of benzene rings is 1. The third kappa shape index (κ3) is 1.48. The molecule has 0 fully saturated rings. The molecule has 0 N–H and O–H groups in total. The topological polar surface area (TPSA) is 31.6 Å². The van der Waals surface area contributed by atoms with E-state index < -0.39 is 0 Å². The molecule has 84 valence electrons. The van der Waals surface area contributed by atoms with Crippen molar-refractivity contribution in [1.29, 1.82) is 0 Å². The van der Waals surface area contributed by atoms with E-state index in [-0.39, 0.29) is 6.29 Å². The van der Waals surface area contributed by atoms with Crippen molar-refractivity contribution in [3.05, 3.63) is 29.5 Å². The number of rotatable bonds is 2. The highest BCUT2D eigenvalue weighted by molar-refractivity contribution is 5.81. The van der Waals surface area contributed by atoms with Crippen molar-refractivity contribution in [2.45, 2.75) is 26.6 Å². The molecule has 0 saturated carbocycles. The molecule has 0 saturated heterocycles. The van der Waals surface area contributed by atoms with Crippen LogP contribution in [0, 0.1) is 6.92 Å². The highest BCUT2D eigenvalue weighted by atomic mass is 16.7. The van der Waals surface area contributed by atoms with Gasteiger partial charge < -0.3 is 13.9 Å². The standard InChI is InChI=1S/C13H14O3/c1-3-14-13-7-10-6-11-9(4-8(2)15-11)5-12(10)16-13/h4-6,13H,3,7H2,1-2H3. The fraction of sp³-hybridized carbons (Fsp3) is 0.385. The average molecular weight is 218 g/mol. The summed E-state index contributed by atoms with van der Waals surface area (Å²) in [6.45, 7) is 4.60. The van der Waals surface area contributed by atoms with Crippen LogP contribution in [0.25, 0.3) is 11.0 Å². The summed E-state index contributed by atoms with van der Waals surface area (Å²) in [7, 11) is 0. The number of fused-ring (bicyclic) bond motifs is 2. The fourth-order valence-electron chi connectivity index (χ4n) is 2.15. The summed E-state index contributed by atoms with van der Waals surface area (Å²) < 4.78 is 16.8. The molecule has 3 nitrogen and oxygen atoms in total. The number of furan rings is 1. The molecule has 1 aliphatic rings. The first-order valence-electron chi connectivity index (χ1n) is 5.57. The van der Waals surface area contributed by atoms with Crippen LogP contribution in [0.15, 0.2) is 22.6 Å². The van der Waals surface area contributed by atoms with Crippen LogP contribution in [0.1, 0.15) is 18.2 Å². The maximum absolute atomic E-state index is 5.70. The van der Waals surface area contributed by atoms with E-state index in [1.54, 1.807) is 0 Å². The monoisotopic (exact) mass is 218 g/mol. The molecular formula is C13H14O3. The first-order chi connectivity index (χ1) is 7.76. The summed E-state index contributed by atoms with van der Waals surface area (Å²) >= 11 is 0. The lowest BCUT2D eigenvalue weighted by atomic mass is 10.1. The van der Waals surface area contributed by atoms with Crippen LogP contribution in [0.3, 0.4) is 0 Å². The number of hydrogen-bond donors (Lipinski definition) is 0. The van der Waals surface area contributed by atoms with Gasteiger partial charge in [0.1, 0.15) is 17.1 Å². The zero-order valence-corrected chi connectivity index (χ0v) is 9.45. The maximum Gasteiger partial charge on any atom is 0.204 e. The third-order valence-electron chi connectivity index (χ3n) is 2.82. The lowest BCUT2D eigenvalue weighted by Crippen LogP contribution is -2.16. The fourth-order valence-corrected chi connectivity index (χ4v) is 2.15. The van der Waals surface area contributed by atoms with Crippen molar-refractivity contribution in [1.82, 2.24) is 0 Å². The first kappa shape index (κ1) is 9.73. The van der Waals surface area contributed by atoms with E-state index in [1.807, 2.05) is 26.0 Å². The van der Waals surface area contributed by atoms with E-state index in [4.69, 9.17) is 13.9 Å². The minimum absolute atomic E-state index is 0.132. The van der Waals surface area contributed by atoms with E-state index in [1.165, 1.54) is 5.56 Å². The predicted octanol–water partition coefficient (Wildman–Crippen LogP) is 3.04. The summed E-state index contributed by atoms with van der Waals surface area (Å²) in [6.07, 6.45) is 0.673. The van der Waals surface area contributed by atoms with Crippen LogP contribution in [0.5, 0.6) is 5.75 Å². The quantitative estimate of drug-likeness (QED) is 0.776. The minimum atomic E-state index is -0.132. The molecule has 0 aliphatic carbocycles. The summed E-state index contributed by atoms with van der Waals surface area (Å²) in [5, 5.41) is 1.09. The molecule has 2 aromatic rings. The highest BCUT2D eigenvalue weighted by Crippen LogP contribution is 2.34. The SMILES string of the molecule is CCOC1Cc2cc3oc(C)cc3cc2O1. The van der Waals surface area contributed by atoms with E-state index in [9.17, 15) is 0 Å². The second-order valence-electron chi connectivity index (χ2n) is 4.06. The minimum Gasteiger partial charge on any atom is -0.464 e. The van der Waals surface area contributed by atoms with Gasteiger partial charge in [-0.1, -0.05) is 0 Å². The van der Waals surface area contributed by atoms with Crippen molar-refractivity contribution in [2.24, 2.45) is 0 Å². The van der Waals surface area contributed by atoms with Crippen LogP contribution in [-0.2, 0) is 11.2 Å². The van der Waals surface area contributed by atoms with Crippen molar-refractivity contribution in [3.63, 3.8) is 0 Å². The van der Waals surface area contributed by atoms with Crippen molar-refractivity contribution >= 4 is 11.0 Å². The van der Waals surface area contributed by atoms with Crippen LogP contribution in [-0.4, -0.2) is 12.9 Å². The Bertz CT molecular complexity index is 484. The largest absolute Gasteiger partial charge is 0.464 e. The molecule has 0 amide bonds. The van der Waals surface area contributed by atoms with Gasteiger partial charge in [-0.15, -0.1) is 0 Å². The summed E-state index contributed by atoms with van der Waals surface area (Å²) in [4.78, 5) is 0. The maximum atomic E-state index is 5.70.